The third kappa shape index (κ3) is 5.43. The van der Waals surface area contributed by atoms with Crippen LogP contribution >= 0.6 is 0 Å². The largest absolute Gasteiger partial charge is 0.416 e. The summed E-state index contributed by atoms with van der Waals surface area (Å²) >= 11 is 0. The molecule has 2 nitrogen and oxygen atoms in total. The zero-order valence-electron chi connectivity index (χ0n) is 18.1. The molecule has 14 heteroatoms. The van der Waals surface area contributed by atoms with Crippen LogP contribution < -0.4 is 0 Å². The fraction of sp³-hybridized carbons (Fsp3) is 0.455. The van der Waals surface area contributed by atoms with Crippen LogP contribution in [0.25, 0.3) is 0 Å². The van der Waals surface area contributed by atoms with Gasteiger partial charge in [-0.15, -0.1) is 0 Å². The molecule has 0 spiro atoms. The molecule has 1 saturated heterocycles. The fourth-order valence-electron chi connectivity index (χ4n) is 4.34. The van der Waals surface area contributed by atoms with E-state index in [-0.39, 0.29) is 55.8 Å². The van der Waals surface area contributed by atoms with Gasteiger partial charge in [0.15, 0.2) is 0 Å². The molecule has 1 N–H and O–H groups in total. The normalized spacial score (nSPS) is 18.7. The minimum atomic E-state index is -5.37. The Bertz CT molecular complexity index is 974. The van der Waals surface area contributed by atoms with Crippen molar-refractivity contribution in [2.24, 2.45) is 0 Å². The van der Waals surface area contributed by atoms with E-state index in [0.717, 1.165) is 0 Å². The summed E-state index contributed by atoms with van der Waals surface area (Å²) in [6.45, 7) is 0.128. The molecule has 2 aromatic carbocycles. The number of likely N-dealkylation sites (tertiary alicyclic amines) is 1. The molecule has 36 heavy (non-hydrogen) atoms. The number of benzene rings is 2. The highest BCUT2D eigenvalue weighted by atomic mass is 19.4. The summed E-state index contributed by atoms with van der Waals surface area (Å²) < 4.78 is 162. The first-order valence-corrected chi connectivity index (χ1v) is 10.2. The Morgan fingerprint density at radius 2 is 0.861 bits per heavy atom. The van der Waals surface area contributed by atoms with Crippen molar-refractivity contribution in [2.75, 3.05) is 13.6 Å². The van der Waals surface area contributed by atoms with Crippen LogP contribution in [0.15, 0.2) is 36.4 Å². The van der Waals surface area contributed by atoms with Gasteiger partial charge in [0.25, 0.3) is 0 Å². The highest BCUT2D eigenvalue weighted by Crippen LogP contribution is 2.47. The van der Waals surface area contributed by atoms with E-state index >= 15 is 0 Å². The maximum Gasteiger partial charge on any atom is 0.416 e. The average molecular weight is 539 g/mol. The zero-order valence-corrected chi connectivity index (χ0v) is 18.1. The van der Waals surface area contributed by atoms with Gasteiger partial charge in [0.1, 0.15) is 5.60 Å². The lowest BCUT2D eigenvalue weighted by Crippen LogP contribution is -2.47. The van der Waals surface area contributed by atoms with Crippen LogP contribution in [0.4, 0.5) is 52.7 Å². The van der Waals surface area contributed by atoms with Crippen LogP contribution in [-0.2, 0) is 30.3 Å². The highest BCUT2D eigenvalue weighted by Gasteiger charge is 2.49. The number of likely N-dealkylation sites (N-methyl/N-ethyl adjacent to an activating group) is 1. The van der Waals surface area contributed by atoms with E-state index in [4.69, 9.17) is 0 Å². The van der Waals surface area contributed by atoms with Gasteiger partial charge in [-0.2, -0.15) is 52.7 Å². The third-order valence-electron chi connectivity index (χ3n) is 6.06. The first-order chi connectivity index (χ1) is 16.1. The molecule has 0 bridgehead atoms. The van der Waals surface area contributed by atoms with Crippen molar-refractivity contribution in [3.8, 4) is 0 Å². The summed E-state index contributed by atoms with van der Waals surface area (Å²) in [5.74, 6) is 0. The molecule has 3 rings (SSSR count). The topological polar surface area (TPSA) is 23.5 Å². The third-order valence-corrected chi connectivity index (χ3v) is 6.06. The number of hydrogen-bond donors (Lipinski definition) is 1. The molecule has 1 aliphatic heterocycles. The van der Waals surface area contributed by atoms with Gasteiger partial charge < -0.3 is 5.11 Å². The molecule has 0 aliphatic carbocycles. The Kier molecular flexibility index (Phi) is 6.88. The Labute approximate surface area is 196 Å². The average Bonchev–Trinajstić information content (AvgIpc) is 3.16. The Morgan fingerprint density at radius 1 is 0.583 bits per heavy atom. The molecule has 0 aromatic heterocycles. The Balaban J connectivity index is 2.44. The van der Waals surface area contributed by atoms with Crippen molar-refractivity contribution < 1.29 is 57.8 Å². The lowest BCUT2D eigenvalue weighted by atomic mass is 9.77. The summed E-state index contributed by atoms with van der Waals surface area (Å²) in [5, 5.41) is 11.7. The van der Waals surface area contributed by atoms with E-state index in [1.54, 1.807) is 0 Å². The SMILES string of the molecule is CN1CCC[C@H]1C(O)(c1cc(C(F)(F)F)cc(C(F)(F)F)c1)c1cc(C(F)(F)F)cc(C(F)(F)F)c1. The minimum absolute atomic E-state index is 0.106. The molecule has 1 heterocycles. The molecular formula is C22H17F12NO. The van der Waals surface area contributed by atoms with Crippen LogP contribution in [-0.4, -0.2) is 29.6 Å². The number of nitrogens with zero attached hydrogens (tertiary/aromatic N) is 1. The molecule has 1 aliphatic rings. The van der Waals surface area contributed by atoms with Crippen molar-refractivity contribution in [1.29, 1.82) is 0 Å². The fourth-order valence-corrected chi connectivity index (χ4v) is 4.34. The van der Waals surface area contributed by atoms with Gasteiger partial charge in [-0.1, -0.05) is 0 Å². The maximum absolute atomic E-state index is 13.5. The predicted octanol–water partition coefficient (Wildman–Crippen LogP) is 7.09. The second-order valence-corrected chi connectivity index (χ2v) is 8.49. The molecule has 0 saturated carbocycles. The van der Waals surface area contributed by atoms with Gasteiger partial charge in [-0.3, -0.25) is 4.90 Å². The molecule has 0 amide bonds. The highest BCUT2D eigenvalue weighted by molar-refractivity contribution is 5.47. The summed E-state index contributed by atoms with van der Waals surface area (Å²) in [5.41, 5.74) is -12.9. The minimum Gasteiger partial charge on any atom is -0.379 e. The second kappa shape index (κ2) is 8.82. The smallest absolute Gasteiger partial charge is 0.379 e. The van der Waals surface area contributed by atoms with Gasteiger partial charge in [0.2, 0.25) is 0 Å². The number of rotatable bonds is 3. The molecular weight excluding hydrogens is 522 g/mol. The van der Waals surface area contributed by atoms with E-state index < -0.39 is 69.7 Å². The van der Waals surface area contributed by atoms with E-state index in [9.17, 15) is 57.8 Å². The number of aliphatic hydroxyl groups is 1. The van der Waals surface area contributed by atoms with Crippen LogP contribution in [0.3, 0.4) is 0 Å². The molecule has 2 aromatic rings. The first kappa shape index (κ1) is 28.1. The molecule has 1 atom stereocenters. The molecule has 0 radical (unpaired) electrons. The quantitative estimate of drug-likeness (QED) is 0.421. The maximum atomic E-state index is 13.5. The van der Waals surface area contributed by atoms with E-state index in [1.807, 2.05) is 0 Å². The van der Waals surface area contributed by atoms with Crippen LogP contribution in [0, 0.1) is 0 Å². The number of alkyl halides is 12. The van der Waals surface area contributed by atoms with Gasteiger partial charge in [-0.25, -0.2) is 0 Å². The first-order valence-electron chi connectivity index (χ1n) is 10.2. The van der Waals surface area contributed by atoms with Gasteiger partial charge in [0.05, 0.1) is 22.3 Å². The van der Waals surface area contributed by atoms with E-state index in [1.165, 1.54) is 11.9 Å². The predicted molar refractivity (Wildman–Crippen MR) is 102 cm³/mol. The molecule has 1 fully saturated rings. The number of halogens is 12. The number of hydrogen-bond acceptors (Lipinski definition) is 2. The summed E-state index contributed by atoms with van der Waals surface area (Å²) in [4.78, 5) is 1.25. The molecule has 0 unspecified atom stereocenters. The van der Waals surface area contributed by atoms with E-state index in [2.05, 4.69) is 0 Å². The van der Waals surface area contributed by atoms with Crippen LogP contribution in [0.1, 0.15) is 46.2 Å². The van der Waals surface area contributed by atoms with Crippen molar-refractivity contribution in [2.45, 2.75) is 49.2 Å². The van der Waals surface area contributed by atoms with Gasteiger partial charge >= 0.3 is 24.7 Å². The zero-order chi connectivity index (χ0) is 27.5. The van der Waals surface area contributed by atoms with E-state index in [0.29, 0.717) is 0 Å². The van der Waals surface area contributed by atoms with Crippen LogP contribution in [0.5, 0.6) is 0 Å². The van der Waals surface area contributed by atoms with Gasteiger partial charge in [0, 0.05) is 6.04 Å². The monoisotopic (exact) mass is 539 g/mol. The molecule has 200 valence electrons. The standard InChI is InChI=1S/C22H17F12NO/c1-35-4-2-3-17(35)18(36,11-5-13(19(23,24)25)9-14(6-11)20(26,27)28)12-7-15(21(29,30)31)10-16(8-12)22(32,33)34/h5-10,17,36H,2-4H2,1H3/t17-/m0/s1. The Hall–Kier alpha value is -2.48. The lowest BCUT2D eigenvalue weighted by Gasteiger charge is -2.40. The lowest BCUT2D eigenvalue weighted by molar-refractivity contribution is -0.144. The van der Waals surface area contributed by atoms with Gasteiger partial charge in [-0.05, 0) is 74.0 Å². The Morgan fingerprint density at radius 3 is 1.08 bits per heavy atom. The van der Waals surface area contributed by atoms with Crippen molar-refractivity contribution in [3.05, 3.63) is 69.8 Å². The summed E-state index contributed by atoms with van der Waals surface area (Å²) in [7, 11) is 1.29. The van der Waals surface area contributed by atoms with Crippen molar-refractivity contribution in [3.63, 3.8) is 0 Å². The summed E-state index contributed by atoms with van der Waals surface area (Å²) in [6.07, 6.45) is -21.4. The van der Waals surface area contributed by atoms with Crippen molar-refractivity contribution in [1.82, 2.24) is 4.90 Å². The van der Waals surface area contributed by atoms with Crippen molar-refractivity contribution >= 4 is 0 Å². The summed E-state index contributed by atoms with van der Waals surface area (Å²) in [6, 6.07) is -1.52. The second-order valence-electron chi connectivity index (χ2n) is 8.49. The van der Waals surface area contributed by atoms with Crippen LogP contribution in [0.2, 0.25) is 0 Å².